The van der Waals surface area contributed by atoms with E-state index in [2.05, 4.69) is 5.32 Å². The fraction of sp³-hybridized carbons (Fsp3) is 0.533. The fourth-order valence-corrected chi connectivity index (χ4v) is 2.18. The van der Waals surface area contributed by atoms with Crippen LogP contribution in [0.5, 0.6) is 0 Å². The summed E-state index contributed by atoms with van der Waals surface area (Å²) in [6, 6.07) is 2.32. The number of likely N-dealkylation sites (N-methyl/N-ethyl adjacent to an activating group) is 1. The summed E-state index contributed by atoms with van der Waals surface area (Å²) in [5.41, 5.74) is -2.31. The van der Waals surface area contributed by atoms with Gasteiger partial charge in [-0.15, -0.1) is 0 Å². The van der Waals surface area contributed by atoms with Crippen molar-refractivity contribution < 1.29 is 27.5 Å². The number of rotatable bonds is 6. The van der Waals surface area contributed by atoms with Gasteiger partial charge in [0.15, 0.2) is 0 Å². The zero-order valence-electron chi connectivity index (χ0n) is 13.2. The Labute approximate surface area is 132 Å². The van der Waals surface area contributed by atoms with Gasteiger partial charge in [-0.1, -0.05) is 6.07 Å². The van der Waals surface area contributed by atoms with Gasteiger partial charge in [-0.05, 0) is 38.6 Å². The van der Waals surface area contributed by atoms with Gasteiger partial charge in [0, 0.05) is 13.1 Å². The third kappa shape index (κ3) is 6.96. The first-order valence-corrected chi connectivity index (χ1v) is 6.92. The van der Waals surface area contributed by atoms with E-state index in [1.165, 1.54) is 0 Å². The molecule has 8 heteroatoms. The summed E-state index contributed by atoms with van der Waals surface area (Å²) in [5.74, 6) is -1.48. The summed E-state index contributed by atoms with van der Waals surface area (Å²) in [7, 11) is 1.61. The normalized spacial score (nSPS) is 12.6. The van der Waals surface area contributed by atoms with Crippen LogP contribution in [0.4, 0.5) is 17.6 Å². The van der Waals surface area contributed by atoms with E-state index in [-0.39, 0.29) is 25.2 Å². The Morgan fingerprint density at radius 3 is 2.43 bits per heavy atom. The predicted molar refractivity (Wildman–Crippen MR) is 77.0 cm³/mol. The molecule has 1 aromatic rings. The molecule has 0 atom stereocenters. The SMILES string of the molecule is CN(CC(=O)NCc1ccc(F)cc1C(F)(F)F)CC(C)(C)O. The fourth-order valence-electron chi connectivity index (χ4n) is 2.18. The van der Waals surface area contributed by atoms with Crippen LogP contribution in [0.25, 0.3) is 0 Å². The lowest BCUT2D eigenvalue weighted by atomic mass is 10.1. The summed E-state index contributed by atoms with van der Waals surface area (Å²) < 4.78 is 51.5. The lowest BCUT2D eigenvalue weighted by Crippen LogP contribution is -2.42. The molecule has 0 spiro atoms. The van der Waals surface area contributed by atoms with Gasteiger partial charge in [-0.25, -0.2) is 4.39 Å². The molecule has 4 nitrogen and oxygen atoms in total. The van der Waals surface area contributed by atoms with Gasteiger partial charge >= 0.3 is 6.18 Å². The average molecular weight is 336 g/mol. The van der Waals surface area contributed by atoms with Gasteiger partial charge in [-0.3, -0.25) is 9.69 Å². The van der Waals surface area contributed by atoms with Gasteiger partial charge in [0.1, 0.15) is 5.82 Å². The van der Waals surface area contributed by atoms with E-state index < -0.39 is 29.1 Å². The van der Waals surface area contributed by atoms with Crippen LogP contribution in [0.3, 0.4) is 0 Å². The van der Waals surface area contributed by atoms with Crippen LogP contribution in [0.2, 0.25) is 0 Å². The van der Waals surface area contributed by atoms with Crippen LogP contribution in [-0.2, 0) is 17.5 Å². The van der Waals surface area contributed by atoms with E-state index >= 15 is 0 Å². The van der Waals surface area contributed by atoms with E-state index in [9.17, 15) is 27.5 Å². The number of alkyl halides is 3. The van der Waals surface area contributed by atoms with Crippen LogP contribution in [-0.4, -0.2) is 41.7 Å². The van der Waals surface area contributed by atoms with Crippen molar-refractivity contribution in [2.45, 2.75) is 32.2 Å². The number of nitrogens with one attached hydrogen (secondary N) is 1. The van der Waals surface area contributed by atoms with Crippen molar-refractivity contribution in [1.29, 1.82) is 0 Å². The first kappa shape index (κ1) is 19.4. The molecule has 1 rings (SSSR count). The van der Waals surface area contributed by atoms with E-state index in [4.69, 9.17) is 0 Å². The Kier molecular flexibility index (Phi) is 6.12. The second-order valence-electron chi connectivity index (χ2n) is 6.06. The molecule has 0 radical (unpaired) electrons. The number of benzene rings is 1. The second kappa shape index (κ2) is 7.27. The maximum Gasteiger partial charge on any atom is 0.416 e. The molecule has 0 saturated carbocycles. The molecule has 0 saturated heterocycles. The standard InChI is InChI=1S/C15H20F4N2O2/c1-14(2,23)9-21(3)8-13(22)20-7-10-4-5-11(16)6-12(10)15(17,18)19/h4-6,23H,7-9H2,1-3H3,(H,20,22). The van der Waals surface area contributed by atoms with Crippen LogP contribution in [0.15, 0.2) is 18.2 Å². The summed E-state index contributed by atoms with van der Waals surface area (Å²) >= 11 is 0. The van der Waals surface area contributed by atoms with Crippen LogP contribution >= 0.6 is 0 Å². The molecule has 0 fully saturated rings. The smallest absolute Gasteiger partial charge is 0.389 e. The molecular formula is C15H20F4N2O2. The van der Waals surface area contributed by atoms with E-state index in [0.29, 0.717) is 6.07 Å². The molecular weight excluding hydrogens is 316 g/mol. The highest BCUT2D eigenvalue weighted by atomic mass is 19.4. The van der Waals surface area contributed by atoms with Gasteiger partial charge in [0.25, 0.3) is 0 Å². The monoisotopic (exact) mass is 336 g/mol. The Morgan fingerprint density at radius 1 is 1.30 bits per heavy atom. The zero-order valence-corrected chi connectivity index (χ0v) is 13.2. The number of hydrogen-bond donors (Lipinski definition) is 2. The van der Waals surface area contributed by atoms with Gasteiger partial charge in [0.05, 0.1) is 17.7 Å². The maximum atomic E-state index is 13.0. The Hall–Kier alpha value is -1.67. The lowest BCUT2D eigenvalue weighted by Gasteiger charge is -2.25. The molecule has 0 aromatic heterocycles. The third-order valence-corrected chi connectivity index (χ3v) is 2.92. The summed E-state index contributed by atoms with van der Waals surface area (Å²) in [5, 5.41) is 12.0. The van der Waals surface area contributed by atoms with Crippen molar-refractivity contribution in [2.24, 2.45) is 0 Å². The number of halogens is 4. The largest absolute Gasteiger partial charge is 0.416 e. The van der Waals surface area contributed by atoms with E-state index in [0.717, 1.165) is 12.1 Å². The molecule has 2 N–H and O–H groups in total. The van der Waals surface area contributed by atoms with Gasteiger partial charge in [0.2, 0.25) is 5.91 Å². The summed E-state index contributed by atoms with van der Waals surface area (Å²) in [4.78, 5) is 13.3. The van der Waals surface area contributed by atoms with Crippen molar-refractivity contribution in [3.05, 3.63) is 35.1 Å². The van der Waals surface area contributed by atoms with E-state index in [1.54, 1.807) is 25.8 Å². The number of amides is 1. The average Bonchev–Trinajstić information content (AvgIpc) is 2.33. The number of carbonyl (C=O) groups excluding carboxylic acids is 1. The molecule has 1 amide bonds. The number of aliphatic hydroxyl groups is 1. The molecule has 0 heterocycles. The minimum atomic E-state index is -4.69. The molecule has 0 unspecified atom stereocenters. The highest BCUT2D eigenvalue weighted by Crippen LogP contribution is 2.32. The van der Waals surface area contributed by atoms with Crippen LogP contribution in [0, 0.1) is 5.82 Å². The highest BCUT2D eigenvalue weighted by Gasteiger charge is 2.33. The minimum Gasteiger partial charge on any atom is -0.389 e. The molecule has 0 aliphatic rings. The maximum absolute atomic E-state index is 13.0. The lowest BCUT2D eigenvalue weighted by molar-refractivity contribution is -0.138. The quantitative estimate of drug-likeness (QED) is 0.783. The highest BCUT2D eigenvalue weighted by molar-refractivity contribution is 5.78. The van der Waals surface area contributed by atoms with Crippen molar-refractivity contribution in [3.8, 4) is 0 Å². The molecule has 130 valence electrons. The first-order chi connectivity index (χ1) is 10.4. The van der Waals surface area contributed by atoms with Gasteiger partial charge < -0.3 is 10.4 Å². The van der Waals surface area contributed by atoms with Crippen molar-refractivity contribution in [2.75, 3.05) is 20.1 Å². The Morgan fingerprint density at radius 2 is 1.91 bits per heavy atom. The summed E-state index contributed by atoms with van der Waals surface area (Å²) in [6.45, 7) is 2.95. The number of hydrogen-bond acceptors (Lipinski definition) is 3. The number of nitrogens with zero attached hydrogens (tertiary/aromatic N) is 1. The third-order valence-electron chi connectivity index (χ3n) is 2.92. The van der Waals surface area contributed by atoms with Crippen molar-refractivity contribution >= 4 is 5.91 Å². The Bertz CT molecular complexity index is 553. The molecule has 0 aliphatic carbocycles. The van der Waals surface area contributed by atoms with Crippen LogP contribution in [0.1, 0.15) is 25.0 Å². The summed E-state index contributed by atoms with van der Waals surface area (Å²) in [6.07, 6.45) is -4.69. The Balaban J connectivity index is 2.67. The molecule has 0 bridgehead atoms. The van der Waals surface area contributed by atoms with Gasteiger partial charge in [-0.2, -0.15) is 13.2 Å². The molecule has 0 aliphatic heterocycles. The van der Waals surface area contributed by atoms with Crippen molar-refractivity contribution in [1.82, 2.24) is 10.2 Å². The number of carbonyl (C=O) groups is 1. The minimum absolute atomic E-state index is 0.0768. The van der Waals surface area contributed by atoms with E-state index in [1.807, 2.05) is 0 Å². The molecule has 1 aromatic carbocycles. The zero-order chi connectivity index (χ0) is 17.8. The molecule has 23 heavy (non-hydrogen) atoms. The second-order valence-corrected chi connectivity index (χ2v) is 6.06. The van der Waals surface area contributed by atoms with Crippen molar-refractivity contribution in [3.63, 3.8) is 0 Å². The first-order valence-electron chi connectivity index (χ1n) is 6.92. The van der Waals surface area contributed by atoms with Crippen LogP contribution < -0.4 is 5.32 Å². The predicted octanol–water partition coefficient (Wildman–Crippen LogP) is 2.16. The topological polar surface area (TPSA) is 52.6 Å².